The number of halogens is 2. The minimum atomic E-state index is -1.07. The third-order valence-electron chi connectivity index (χ3n) is 2.77. The van der Waals surface area contributed by atoms with Crippen LogP contribution in [0.1, 0.15) is 12.7 Å². The first-order chi connectivity index (χ1) is 11.0. The van der Waals surface area contributed by atoms with Gasteiger partial charge in [-0.15, -0.1) is 0 Å². The Morgan fingerprint density at radius 1 is 1.30 bits per heavy atom. The molecule has 2 rings (SSSR count). The van der Waals surface area contributed by atoms with Crippen molar-refractivity contribution in [3.63, 3.8) is 0 Å². The summed E-state index contributed by atoms with van der Waals surface area (Å²) in [4.78, 5) is 23.5. The van der Waals surface area contributed by atoms with Crippen molar-refractivity contribution < 1.29 is 23.1 Å². The van der Waals surface area contributed by atoms with E-state index in [9.17, 15) is 14.0 Å². The van der Waals surface area contributed by atoms with Crippen molar-refractivity contribution in [2.75, 3.05) is 5.32 Å². The zero-order valence-electron chi connectivity index (χ0n) is 12.1. The number of furan rings is 1. The number of benzene rings is 1. The molecular weight excluding hydrogens is 369 g/mol. The van der Waals surface area contributed by atoms with Crippen LogP contribution in [0.2, 0.25) is 0 Å². The third kappa shape index (κ3) is 5.07. The number of rotatable bonds is 5. The molecule has 1 aromatic carbocycles. The molecule has 0 saturated carbocycles. The number of hydrogen-bond donors (Lipinski definition) is 1. The predicted molar refractivity (Wildman–Crippen MR) is 86.0 cm³/mol. The highest BCUT2D eigenvalue weighted by molar-refractivity contribution is 9.10. The third-order valence-corrected chi connectivity index (χ3v) is 3.20. The molecule has 23 heavy (non-hydrogen) atoms. The number of carbonyl (C=O) groups excluding carboxylic acids is 2. The van der Waals surface area contributed by atoms with Gasteiger partial charge in [-0.05, 0) is 53.2 Å². The van der Waals surface area contributed by atoms with E-state index in [0.29, 0.717) is 10.4 Å². The number of esters is 1. The van der Waals surface area contributed by atoms with Gasteiger partial charge < -0.3 is 14.5 Å². The van der Waals surface area contributed by atoms with E-state index in [-0.39, 0.29) is 5.69 Å². The van der Waals surface area contributed by atoms with Crippen molar-refractivity contribution in [3.05, 3.63) is 58.7 Å². The van der Waals surface area contributed by atoms with Crippen LogP contribution in [0.25, 0.3) is 6.08 Å². The first-order valence-corrected chi connectivity index (χ1v) is 7.44. The van der Waals surface area contributed by atoms with Crippen molar-refractivity contribution in [1.29, 1.82) is 0 Å². The normalized spacial score (nSPS) is 12.1. The monoisotopic (exact) mass is 381 g/mol. The highest BCUT2D eigenvalue weighted by atomic mass is 79.9. The van der Waals surface area contributed by atoms with Crippen molar-refractivity contribution in [1.82, 2.24) is 0 Å². The molecule has 0 spiro atoms. The number of anilines is 1. The molecule has 0 aliphatic carbocycles. The van der Waals surface area contributed by atoms with Gasteiger partial charge in [-0.1, -0.05) is 12.1 Å². The molecule has 0 bridgehead atoms. The minimum absolute atomic E-state index is 0.0244. The summed E-state index contributed by atoms with van der Waals surface area (Å²) in [6.07, 6.45) is 1.47. The van der Waals surface area contributed by atoms with Crippen LogP contribution in [-0.2, 0) is 14.3 Å². The SMILES string of the molecule is CC(OC(=O)/C=C/c1ccc(Br)o1)C(=O)Nc1ccccc1F. The molecule has 0 fully saturated rings. The standard InChI is InChI=1S/C16H13BrFNO4/c1-10(16(21)19-13-5-3-2-4-12(13)18)22-15(20)9-7-11-6-8-14(17)23-11/h2-10H,1H3,(H,19,21)/b9-7+. The zero-order valence-corrected chi connectivity index (χ0v) is 13.7. The molecule has 0 saturated heterocycles. The molecule has 1 amide bonds. The smallest absolute Gasteiger partial charge is 0.331 e. The van der Waals surface area contributed by atoms with Gasteiger partial charge in [0.2, 0.25) is 0 Å². The summed E-state index contributed by atoms with van der Waals surface area (Å²) in [7, 11) is 0. The summed E-state index contributed by atoms with van der Waals surface area (Å²) < 4.78 is 24.1. The second kappa shape index (κ2) is 7.73. The molecule has 120 valence electrons. The van der Waals surface area contributed by atoms with Crippen molar-refractivity contribution >= 4 is 39.6 Å². The lowest BCUT2D eigenvalue weighted by Crippen LogP contribution is -2.29. The second-order valence-electron chi connectivity index (χ2n) is 4.52. The van der Waals surface area contributed by atoms with E-state index in [1.54, 1.807) is 18.2 Å². The number of hydrogen-bond acceptors (Lipinski definition) is 4. The highest BCUT2D eigenvalue weighted by Gasteiger charge is 2.17. The van der Waals surface area contributed by atoms with Crippen LogP contribution in [0.4, 0.5) is 10.1 Å². The fourth-order valence-electron chi connectivity index (χ4n) is 1.63. The molecule has 1 atom stereocenters. The Morgan fingerprint density at radius 2 is 2.04 bits per heavy atom. The summed E-state index contributed by atoms with van der Waals surface area (Å²) in [6, 6.07) is 9.05. The number of para-hydroxylation sites is 1. The molecule has 0 aliphatic heterocycles. The Labute approximate surface area is 140 Å². The molecule has 0 radical (unpaired) electrons. The molecular formula is C16H13BrFNO4. The summed E-state index contributed by atoms with van der Waals surface area (Å²) in [5.74, 6) is -1.45. The summed E-state index contributed by atoms with van der Waals surface area (Å²) >= 11 is 3.14. The average molecular weight is 382 g/mol. The quantitative estimate of drug-likeness (QED) is 0.632. The van der Waals surface area contributed by atoms with Crippen molar-refractivity contribution in [3.8, 4) is 0 Å². The van der Waals surface area contributed by atoms with Crippen LogP contribution in [0.5, 0.6) is 0 Å². The molecule has 1 unspecified atom stereocenters. The maximum atomic E-state index is 13.4. The average Bonchev–Trinajstić information content (AvgIpc) is 2.93. The van der Waals surface area contributed by atoms with Crippen LogP contribution in [0, 0.1) is 5.82 Å². The summed E-state index contributed by atoms with van der Waals surface area (Å²) in [5.41, 5.74) is 0.0244. The van der Waals surface area contributed by atoms with Gasteiger partial charge >= 0.3 is 5.97 Å². The highest BCUT2D eigenvalue weighted by Crippen LogP contribution is 2.15. The molecule has 0 aliphatic rings. The number of carbonyl (C=O) groups is 2. The topological polar surface area (TPSA) is 68.5 Å². The van der Waals surface area contributed by atoms with E-state index in [0.717, 1.165) is 6.08 Å². The molecule has 7 heteroatoms. The van der Waals surface area contributed by atoms with Crippen LogP contribution in [-0.4, -0.2) is 18.0 Å². The maximum absolute atomic E-state index is 13.4. The Kier molecular flexibility index (Phi) is 5.70. The Hall–Kier alpha value is -2.41. The second-order valence-corrected chi connectivity index (χ2v) is 5.30. The summed E-state index contributed by atoms with van der Waals surface area (Å²) in [5, 5.41) is 2.35. The van der Waals surface area contributed by atoms with Crippen molar-refractivity contribution in [2.45, 2.75) is 13.0 Å². The van der Waals surface area contributed by atoms with Gasteiger partial charge in [0.1, 0.15) is 11.6 Å². The molecule has 2 aromatic rings. The van der Waals surface area contributed by atoms with E-state index in [1.807, 2.05) is 0 Å². The lowest BCUT2D eigenvalue weighted by Gasteiger charge is -2.12. The number of ether oxygens (including phenoxy) is 1. The largest absolute Gasteiger partial charge is 0.450 e. The lowest BCUT2D eigenvalue weighted by atomic mass is 10.3. The fraction of sp³-hybridized carbons (Fsp3) is 0.125. The molecule has 5 nitrogen and oxygen atoms in total. The van der Waals surface area contributed by atoms with E-state index in [1.165, 1.54) is 31.2 Å². The van der Waals surface area contributed by atoms with Crippen LogP contribution in [0.3, 0.4) is 0 Å². The molecule has 1 aromatic heterocycles. The van der Waals surface area contributed by atoms with Crippen LogP contribution >= 0.6 is 15.9 Å². The zero-order chi connectivity index (χ0) is 16.8. The van der Waals surface area contributed by atoms with E-state index < -0.39 is 23.8 Å². The Balaban J connectivity index is 1.89. The van der Waals surface area contributed by atoms with Crippen LogP contribution in [0.15, 0.2) is 51.6 Å². The van der Waals surface area contributed by atoms with Gasteiger partial charge in [0, 0.05) is 6.08 Å². The Morgan fingerprint density at radius 3 is 2.70 bits per heavy atom. The van der Waals surface area contributed by atoms with E-state index >= 15 is 0 Å². The first kappa shape index (κ1) is 17.0. The predicted octanol–water partition coefficient (Wildman–Crippen LogP) is 3.76. The molecule has 1 heterocycles. The molecule has 1 N–H and O–H groups in total. The summed E-state index contributed by atoms with van der Waals surface area (Å²) in [6.45, 7) is 1.39. The van der Waals surface area contributed by atoms with Gasteiger partial charge in [-0.3, -0.25) is 4.79 Å². The van der Waals surface area contributed by atoms with Gasteiger partial charge in [-0.2, -0.15) is 0 Å². The Bertz CT molecular complexity index is 741. The van der Waals surface area contributed by atoms with Gasteiger partial charge in [0.25, 0.3) is 5.91 Å². The minimum Gasteiger partial charge on any atom is -0.450 e. The number of amides is 1. The van der Waals surface area contributed by atoms with Gasteiger partial charge in [0.05, 0.1) is 5.69 Å². The first-order valence-electron chi connectivity index (χ1n) is 6.65. The van der Waals surface area contributed by atoms with E-state index in [4.69, 9.17) is 9.15 Å². The fourth-order valence-corrected chi connectivity index (χ4v) is 1.95. The van der Waals surface area contributed by atoms with Gasteiger partial charge in [-0.25, -0.2) is 9.18 Å². The lowest BCUT2D eigenvalue weighted by molar-refractivity contribution is -0.148. The van der Waals surface area contributed by atoms with Crippen LogP contribution < -0.4 is 5.32 Å². The van der Waals surface area contributed by atoms with E-state index in [2.05, 4.69) is 21.2 Å². The van der Waals surface area contributed by atoms with Crippen molar-refractivity contribution in [2.24, 2.45) is 0 Å². The maximum Gasteiger partial charge on any atom is 0.331 e. The number of nitrogens with one attached hydrogen (secondary N) is 1. The van der Waals surface area contributed by atoms with Gasteiger partial charge in [0.15, 0.2) is 10.8 Å².